The molecule has 2 heterocycles. The molecule has 21 heavy (non-hydrogen) atoms. The van der Waals surface area contributed by atoms with Gasteiger partial charge in [0.1, 0.15) is 0 Å². The van der Waals surface area contributed by atoms with E-state index in [4.69, 9.17) is 4.74 Å². The van der Waals surface area contributed by atoms with E-state index in [1.54, 1.807) is 0 Å². The Bertz CT molecular complexity index is 308. The van der Waals surface area contributed by atoms with Crippen molar-refractivity contribution in [3.63, 3.8) is 0 Å². The highest BCUT2D eigenvalue weighted by molar-refractivity contribution is 4.91. The Morgan fingerprint density at radius 3 is 2.52 bits per heavy atom. The molecule has 1 saturated carbocycles. The molecule has 0 amide bonds. The molecule has 0 aromatic carbocycles. The molecule has 0 radical (unpaired) electrons. The molecule has 122 valence electrons. The predicted octanol–water partition coefficient (Wildman–Crippen LogP) is 3.33. The average Bonchev–Trinajstić information content (AvgIpc) is 2.91. The number of rotatable bonds is 5. The number of hydrogen-bond acceptors (Lipinski definition) is 3. The van der Waals surface area contributed by atoms with Crippen molar-refractivity contribution in [1.29, 1.82) is 0 Å². The average molecular weight is 294 g/mol. The van der Waals surface area contributed by atoms with Gasteiger partial charge in [0.15, 0.2) is 0 Å². The van der Waals surface area contributed by atoms with E-state index in [1.807, 2.05) is 0 Å². The van der Waals surface area contributed by atoms with Crippen molar-refractivity contribution in [3.8, 4) is 0 Å². The van der Waals surface area contributed by atoms with E-state index >= 15 is 0 Å². The summed E-state index contributed by atoms with van der Waals surface area (Å²) in [7, 11) is 0. The Morgan fingerprint density at radius 2 is 1.76 bits per heavy atom. The van der Waals surface area contributed by atoms with Gasteiger partial charge in [-0.15, -0.1) is 0 Å². The molecule has 0 bridgehead atoms. The monoisotopic (exact) mass is 294 g/mol. The number of likely N-dealkylation sites (tertiary alicyclic amines) is 1. The summed E-state index contributed by atoms with van der Waals surface area (Å²) in [5, 5.41) is 3.68. The second kappa shape index (κ2) is 7.43. The third kappa shape index (κ3) is 4.20. The molecule has 1 aliphatic carbocycles. The smallest absolute Gasteiger partial charge is 0.0708 e. The number of nitrogens with zero attached hydrogens (tertiary/aromatic N) is 1. The Kier molecular flexibility index (Phi) is 5.58. The van der Waals surface area contributed by atoms with Crippen LogP contribution in [0.15, 0.2) is 0 Å². The van der Waals surface area contributed by atoms with Crippen LogP contribution in [-0.4, -0.2) is 48.8 Å². The molecular formula is C18H34N2O. The largest absolute Gasteiger partial charge is 0.370 e. The van der Waals surface area contributed by atoms with Crippen LogP contribution in [0.25, 0.3) is 0 Å². The number of hydrogen-bond donors (Lipinski definition) is 1. The van der Waals surface area contributed by atoms with E-state index < -0.39 is 0 Å². The molecule has 3 nitrogen and oxygen atoms in total. The molecule has 3 fully saturated rings. The maximum absolute atomic E-state index is 6.44. The van der Waals surface area contributed by atoms with Crippen LogP contribution in [0.1, 0.15) is 71.1 Å². The van der Waals surface area contributed by atoms with Crippen molar-refractivity contribution in [3.05, 3.63) is 0 Å². The molecule has 3 aliphatic rings. The zero-order valence-electron chi connectivity index (χ0n) is 13.9. The van der Waals surface area contributed by atoms with Crippen molar-refractivity contribution >= 4 is 0 Å². The minimum absolute atomic E-state index is 0.281. The second-order valence-electron chi connectivity index (χ2n) is 7.63. The van der Waals surface area contributed by atoms with Crippen molar-refractivity contribution in [2.75, 3.05) is 26.2 Å². The molecule has 2 saturated heterocycles. The van der Waals surface area contributed by atoms with Gasteiger partial charge < -0.3 is 10.1 Å². The summed E-state index contributed by atoms with van der Waals surface area (Å²) in [5.41, 5.74) is 0.281. The van der Waals surface area contributed by atoms with Crippen LogP contribution in [0.2, 0.25) is 0 Å². The Morgan fingerprint density at radius 1 is 1.05 bits per heavy atom. The molecule has 0 aromatic heterocycles. The van der Waals surface area contributed by atoms with E-state index in [2.05, 4.69) is 17.1 Å². The van der Waals surface area contributed by atoms with Crippen molar-refractivity contribution in [2.24, 2.45) is 0 Å². The van der Waals surface area contributed by atoms with Crippen LogP contribution in [0.3, 0.4) is 0 Å². The maximum Gasteiger partial charge on any atom is 0.0708 e. The fourth-order valence-electron chi connectivity index (χ4n) is 4.54. The van der Waals surface area contributed by atoms with E-state index in [9.17, 15) is 0 Å². The first-order chi connectivity index (χ1) is 10.3. The zero-order valence-corrected chi connectivity index (χ0v) is 13.9. The second-order valence-corrected chi connectivity index (χ2v) is 7.63. The van der Waals surface area contributed by atoms with Crippen LogP contribution in [0, 0.1) is 0 Å². The fraction of sp³-hybridized carbons (Fsp3) is 1.00. The fourth-order valence-corrected chi connectivity index (χ4v) is 4.54. The minimum atomic E-state index is 0.281. The van der Waals surface area contributed by atoms with Crippen LogP contribution < -0.4 is 5.32 Å². The summed E-state index contributed by atoms with van der Waals surface area (Å²) >= 11 is 0. The summed E-state index contributed by atoms with van der Waals surface area (Å²) in [5.74, 6) is 0. The van der Waals surface area contributed by atoms with Gasteiger partial charge in [0.05, 0.1) is 11.7 Å². The number of nitrogens with one attached hydrogen (secondary N) is 1. The third-order valence-electron chi connectivity index (χ3n) is 5.93. The lowest BCUT2D eigenvalue weighted by Crippen LogP contribution is -2.44. The molecule has 3 heteroatoms. The molecule has 0 aromatic rings. The molecule has 1 N–H and O–H groups in total. The van der Waals surface area contributed by atoms with Crippen LogP contribution >= 0.6 is 0 Å². The summed E-state index contributed by atoms with van der Waals surface area (Å²) in [6.45, 7) is 7.14. The minimum Gasteiger partial charge on any atom is -0.370 e. The van der Waals surface area contributed by atoms with Crippen molar-refractivity contribution in [1.82, 2.24) is 10.2 Å². The quantitative estimate of drug-likeness (QED) is 0.842. The molecule has 3 rings (SSSR count). The summed E-state index contributed by atoms with van der Waals surface area (Å²) in [4.78, 5) is 2.65. The van der Waals surface area contributed by atoms with Crippen molar-refractivity contribution < 1.29 is 4.74 Å². The molecule has 2 aliphatic heterocycles. The van der Waals surface area contributed by atoms with Crippen LogP contribution in [0.5, 0.6) is 0 Å². The van der Waals surface area contributed by atoms with Crippen LogP contribution in [-0.2, 0) is 4.74 Å². The first-order valence-corrected chi connectivity index (χ1v) is 9.40. The third-order valence-corrected chi connectivity index (χ3v) is 5.93. The van der Waals surface area contributed by atoms with E-state index in [0.717, 1.165) is 13.1 Å². The van der Waals surface area contributed by atoms with Gasteiger partial charge in [0.2, 0.25) is 0 Å². The predicted molar refractivity (Wildman–Crippen MR) is 87.7 cm³/mol. The summed E-state index contributed by atoms with van der Waals surface area (Å²) in [6.07, 6.45) is 14.1. The summed E-state index contributed by atoms with van der Waals surface area (Å²) in [6, 6.07) is 0.676. The highest BCUT2D eigenvalue weighted by Gasteiger charge is 2.40. The van der Waals surface area contributed by atoms with Crippen molar-refractivity contribution in [2.45, 2.75) is 88.9 Å². The van der Waals surface area contributed by atoms with Crippen LogP contribution in [0.4, 0.5) is 0 Å². The highest BCUT2D eigenvalue weighted by Crippen LogP contribution is 2.41. The lowest BCUT2D eigenvalue weighted by molar-refractivity contribution is -0.0625. The molecule has 2 atom stereocenters. The first kappa shape index (κ1) is 15.8. The lowest BCUT2D eigenvalue weighted by Gasteiger charge is -2.34. The molecular weight excluding hydrogens is 260 g/mol. The van der Waals surface area contributed by atoms with E-state index in [0.29, 0.717) is 12.1 Å². The normalized spacial score (nSPS) is 31.6. The van der Waals surface area contributed by atoms with Gasteiger partial charge in [0.25, 0.3) is 0 Å². The van der Waals surface area contributed by atoms with E-state index in [1.165, 1.54) is 77.3 Å². The Balaban J connectivity index is 1.34. The SMILES string of the molecule is CC(CNCC1CCC2(CCCCC2)O1)N1CCCCC1. The Labute approximate surface area is 130 Å². The van der Waals surface area contributed by atoms with Gasteiger partial charge in [-0.1, -0.05) is 25.7 Å². The van der Waals surface area contributed by atoms with Gasteiger partial charge in [-0.2, -0.15) is 0 Å². The van der Waals surface area contributed by atoms with Gasteiger partial charge in [-0.05, 0) is 58.5 Å². The number of piperidine rings is 1. The maximum atomic E-state index is 6.44. The molecule has 2 unspecified atom stereocenters. The Hall–Kier alpha value is -0.120. The molecule has 1 spiro atoms. The summed E-state index contributed by atoms with van der Waals surface area (Å²) < 4.78 is 6.44. The van der Waals surface area contributed by atoms with Gasteiger partial charge in [-0.3, -0.25) is 4.90 Å². The van der Waals surface area contributed by atoms with E-state index in [-0.39, 0.29) is 5.60 Å². The lowest BCUT2D eigenvalue weighted by atomic mass is 9.83. The van der Waals surface area contributed by atoms with Gasteiger partial charge in [0, 0.05) is 19.1 Å². The highest BCUT2D eigenvalue weighted by atomic mass is 16.5. The topological polar surface area (TPSA) is 24.5 Å². The van der Waals surface area contributed by atoms with Gasteiger partial charge in [-0.25, -0.2) is 0 Å². The zero-order chi connectivity index (χ0) is 14.5. The standard InChI is InChI=1S/C18H34N2O/c1-16(20-12-6-3-7-13-20)14-19-15-17-8-11-18(21-17)9-4-2-5-10-18/h16-17,19H,2-15H2,1H3. The van der Waals surface area contributed by atoms with Gasteiger partial charge >= 0.3 is 0 Å². The number of ether oxygens (including phenoxy) is 1. The first-order valence-electron chi connectivity index (χ1n) is 9.40.